The van der Waals surface area contributed by atoms with Crippen LogP contribution in [0, 0.1) is 5.92 Å². The number of hydrogen-bond donors (Lipinski definition) is 1. The number of nitrogens with one attached hydrogen (secondary N) is 1. The van der Waals surface area contributed by atoms with Crippen LogP contribution >= 0.6 is 23.2 Å². The zero-order valence-electron chi connectivity index (χ0n) is 10.0. The highest BCUT2D eigenvalue weighted by molar-refractivity contribution is 6.33. The minimum Gasteiger partial charge on any atom is -0.380 e. The number of nitrogens with zero attached hydrogens (tertiary/aromatic N) is 2. The Balaban J connectivity index is 2.20. The molecule has 1 aromatic heterocycles. The molecular weight excluding hydrogens is 261 g/mol. The fourth-order valence-electron chi connectivity index (χ4n) is 1.13. The molecule has 0 radical (unpaired) electrons. The Bertz CT molecular complexity index is 347. The number of ether oxygens (including phenoxy) is 1. The SMILES string of the molecule is CC(C)CCOCCNc1nc(Cl)ncc1Cl. The van der Waals surface area contributed by atoms with Gasteiger partial charge in [0.2, 0.25) is 5.28 Å². The van der Waals surface area contributed by atoms with Crippen molar-refractivity contribution in [3.05, 3.63) is 16.5 Å². The van der Waals surface area contributed by atoms with E-state index in [4.69, 9.17) is 27.9 Å². The van der Waals surface area contributed by atoms with Crippen LogP contribution in [0.1, 0.15) is 20.3 Å². The van der Waals surface area contributed by atoms with E-state index in [1.54, 1.807) is 0 Å². The van der Waals surface area contributed by atoms with E-state index in [1.165, 1.54) is 6.20 Å². The molecule has 0 aliphatic rings. The van der Waals surface area contributed by atoms with Gasteiger partial charge in [0.1, 0.15) is 10.8 Å². The summed E-state index contributed by atoms with van der Waals surface area (Å²) in [5.74, 6) is 1.21. The lowest BCUT2D eigenvalue weighted by Gasteiger charge is -2.08. The van der Waals surface area contributed by atoms with Gasteiger partial charge in [0.25, 0.3) is 0 Å². The Morgan fingerprint density at radius 1 is 1.35 bits per heavy atom. The fraction of sp³-hybridized carbons (Fsp3) is 0.636. The predicted octanol–water partition coefficient (Wildman–Crippen LogP) is 3.26. The number of aromatic nitrogens is 2. The molecule has 17 heavy (non-hydrogen) atoms. The Morgan fingerprint density at radius 2 is 2.12 bits per heavy atom. The predicted molar refractivity (Wildman–Crippen MR) is 70.8 cm³/mol. The molecule has 1 aromatic rings. The first kappa shape index (κ1) is 14.5. The summed E-state index contributed by atoms with van der Waals surface area (Å²) >= 11 is 11.6. The van der Waals surface area contributed by atoms with E-state index in [9.17, 15) is 0 Å². The van der Waals surface area contributed by atoms with Crippen LogP contribution in [0.2, 0.25) is 10.3 Å². The second-order valence-corrected chi connectivity index (χ2v) is 4.80. The summed E-state index contributed by atoms with van der Waals surface area (Å²) in [6, 6.07) is 0. The fourth-order valence-corrected chi connectivity index (χ4v) is 1.42. The van der Waals surface area contributed by atoms with Crippen molar-refractivity contribution in [1.82, 2.24) is 9.97 Å². The van der Waals surface area contributed by atoms with Crippen molar-refractivity contribution in [2.24, 2.45) is 5.92 Å². The number of anilines is 1. The standard InChI is InChI=1S/C11H17Cl2N3O/c1-8(2)3-5-17-6-4-14-10-9(12)7-15-11(13)16-10/h7-8H,3-6H2,1-2H3,(H,14,15,16). The highest BCUT2D eigenvalue weighted by Gasteiger charge is 2.03. The van der Waals surface area contributed by atoms with Crippen molar-refractivity contribution in [2.45, 2.75) is 20.3 Å². The van der Waals surface area contributed by atoms with Crippen LogP contribution in [0.5, 0.6) is 0 Å². The van der Waals surface area contributed by atoms with Gasteiger partial charge < -0.3 is 10.1 Å². The molecule has 0 aliphatic heterocycles. The maximum Gasteiger partial charge on any atom is 0.224 e. The molecule has 0 aliphatic carbocycles. The molecule has 0 saturated heterocycles. The van der Waals surface area contributed by atoms with Gasteiger partial charge in [-0.25, -0.2) is 4.98 Å². The molecule has 96 valence electrons. The van der Waals surface area contributed by atoms with Crippen LogP contribution in [-0.4, -0.2) is 29.7 Å². The Labute approximate surface area is 112 Å². The first-order chi connectivity index (χ1) is 8.09. The van der Waals surface area contributed by atoms with Gasteiger partial charge in [0.05, 0.1) is 12.8 Å². The van der Waals surface area contributed by atoms with E-state index < -0.39 is 0 Å². The van der Waals surface area contributed by atoms with Gasteiger partial charge in [0, 0.05) is 13.2 Å². The molecule has 0 fully saturated rings. The molecular formula is C11H17Cl2N3O. The van der Waals surface area contributed by atoms with E-state index in [1.807, 2.05) is 0 Å². The molecule has 0 spiro atoms. The number of hydrogen-bond acceptors (Lipinski definition) is 4. The molecule has 0 unspecified atom stereocenters. The quantitative estimate of drug-likeness (QED) is 0.614. The lowest BCUT2D eigenvalue weighted by Crippen LogP contribution is -2.12. The van der Waals surface area contributed by atoms with Crippen molar-refractivity contribution < 1.29 is 4.74 Å². The lowest BCUT2D eigenvalue weighted by molar-refractivity contribution is 0.132. The number of halogens is 2. The summed E-state index contributed by atoms with van der Waals surface area (Å²) < 4.78 is 5.45. The Kier molecular flexibility index (Phi) is 6.55. The molecule has 0 aromatic carbocycles. The summed E-state index contributed by atoms with van der Waals surface area (Å²) in [4.78, 5) is 7.74. The summed E-state index contributed by atoms with van der Waals surface area (Å²) in [6.07, 6.45) is 2.54. The summed E-state index contributed by atoms with van der Waals surface area (Å²) in [5, 5.41) is 3.68. The summed E-state index contributed by atoms with van der Waals surface area (Å²) in [5.41, 5.74) is 0. The second-order valence-electron chi connectivity index (χ2n) is 4.06. The van der Waals surface area contributed by atoms with Gasteiger partial charge in [0.15, 0.2) is 0 Å². The third-order valence-corrected chi connectivity index (χ3v) is 2.55. The lowest BCUT2D eigenvalue weighted by atomic mass is 10.1. The second kappa shape index (κ2) is 7.69. The van der Waals surface area contributed by atoms with Crippen LogP contribution < -0.4 is 5.32 Å². The highest BCUT2D eigenvalue weighted by atomic mass is 35.5. The summed E-state index contributed by atoms with van der Waals surface area (Å²) in [6.45, 7) is 6.38. The Morgan fingerprint density at radius 3 is 2.82 bits per heavy atom. The number of rotatable bonds is 7. The van der Waals surface area contributed by atoms with Crippen LogP contribution in [0.15, 0.2) is 6.20 Å². The van der Waals surface area contributed by atoms with Crippen molar-refractivity contribution in [1.29, 1.82) is 0 Å². The summed E-state index contributed by atoms with van der Waals surface area (Å²) in [7, 11) is 0. The van der Waals surface area contributed by atoms with E-state index in [-0.39, 0.29) is 5.28 Å². The van der Waals surface area contributed by atoms with E-state index in [0.717, 1.165) is 13.0 Å². The van der Waals surface area contributed by atoms with E-state index in [2.05, 4.69) is 29.1 Å². The average Bonchev–Trinajstić information content (AvgIpc) is 2.27. The van der Waals surface area contributed by atoms with Crippen molar-refractivity contribution in [3.63, 3.8) is 0 Å². The third-order valence-electron chi connectivity index (χ3n) is 2.09. The average molecular weight is 278 g/mol. The van der Waals surface area contributed by atoms with Crippen molar-refractivity contribution >= 4 is 29.0 Å². The minimum atomic E-state index is 0.178. The first-order valence-corrected chi connectivity index (χ1v) is 6.35. The van der Waals surface area contributed by atoms with Gasteiger partial charge in [-0.15, -0.1) is 0 Å². The van der Waals surface area contributed by atoms with Gasteiger partial charge in [-0.05, 0) is 23.9 Å². The zero-order valence-corrected chi connectivity index (χ0v) is 11.6. The molecule has 4 nitrogen and oxygen atoms in total. The molecule has 0 atom stereocenters. The van der Waals surface area contributed by atoms with Crippen LogP contribution in [-0.2, 0) is 4.74 Å². The molecule has 1 N–H and O–H groups in total. The molecule has 0 saturated carbocycles. The molecule has 0 amide bonds. The first-order valence-electron chi connectivity index (χ1n) is 5.59. The molecule has 0 bridgehead atoms. The molecule has 1 heterocycles. The maximum atomic E-state index is 5.89. The maximum absolute atomic E-state index is 5.89. The normalized spacial score (nSPS) is 10.9. The zero-order chi connectivity index (χ0) is 12.7. The highest BCUT2D eigenvalue weighted by Crippen LogP contribution is 2.18. The van der Waals surface area contributed by atoms with Crippen LogP contribution in [0.3, 0.4) is 0 Å². The molecule has 1 rings (SSSR count). The topological polar surface area (TPSA) is 47.0 Å². The monoisotopic (exact) mass is 277 g/mol. The van der Waals surface area contributed by atoms with Gasteiger partial charge in [-0.2, -0.15) is 4.98 Å². The van der Waals surface area contributed by atoms with Crippen molar-refractivity contribution in [3.8, 4) is 0 Å². The smallest absolute Gasteiger partial charge is 0.224 e. The van der Waals surface area contributed by atoms with E-state index >= 15 is 0 Å². The largest absolute Gasteiger partial charge is 0.380 e. The molecule has 6 heteroatoms. The minimum absolute atomic E-state index is 0.178. The van der Waals surface area contributed by atoms with Crippen molar-refractivity contribution in [2.75, 3.05) is 25.1 Å². The van der Waals surface area contributed by atoms with Crippen LogP contribution in [0.4, 0.5) is 5.82 Å². The van der Waals surface area contributed by atoms with E-state index in [0.29, 0.717) is 29.9 Å². The Hall–Kier alpha value is -0.580. The van der Waals surface area contributed by atoms with Gasteiger partial charge in [-0.3, -0.25) is 0 Å². The van der Waals surface area contributed by atoms with Gasteiger partial charge in [-0.1, -0.05) is 25.4 Å². The third kappa shape index (κ3) is 6.05. The van der Waals surface area contributed by atoms with Crippen LogP contribution in [0.25, 0.3) is 0 Å². The van der Waals surface area contributed by atoms with Gasteiger partial charge >= 0.3 is 0 Å².